The molecular weight excluding hydrogens is 507 g/mol. The second-order valence-corrected chi connectivity index (χ2v) is 7.09. The summed E-state index contributed by atoms with van der Waals surface area (Å²) < 4.78 is 10.4. The van der Waals surface area contributed by atoms with Crippen molar-refractivity contribution in [3.63, 3.8) is 0 Å². The predicted molar refractivity (Wildman–Crippen MR) is 127 cm³/mol. The molecule has 1 heterocycles. The average molecular weight is 539 g/mol. The highest BCUT2D eigenvalue weighted by molar-refractivity contribution is 14.0. The summed E-state index contributed by atoms with van der Waals surface area (Å²) in [6.45, 7) is 5.18. The lowest BCUT2D eigenvalue weighted by Gasteiger charge is -2.36. The lowest BCUT2D eigenvalue weighted by atomic mass is 10.2. The molecule has 164 valence electrons. The van der Waals surface area contributed by atoms with Crippen LogP contribution in [0.15, 0.2) is 29.3 Å². The number of halogens is 2. The van der Waals surface area contributed by atoms with Gasteiger partial charge in [-0.2, -0.15) is 0 Å². The van der Waals surface area contributed by atoms with Crippen molar-refractivity contribution in [2.45, 2.75) is 19.4 Å². The van der Waals surface area contributed by atoms with Crippen LogP contribution in [0, 0.1) is 0 Å². The van der Waals surface area contributed by atoms with Crippen LogP contribution >= 0.6 is 35.6 Å². The zero-order chi connectivity index (χ0) is 20.2. The Morgan fingerprint density at radius 1 is 1.17 bits per heavy atom. The van der Waals surface area contributed by atoms with Gasteiger partial charge in [-0.15, -0.1) is 24.0 Å². The van der Waals surface area contributed by atoms with E-state index in [1.807, 2.05) is 34.1 Å². The maximum atomic E-state index is 12.5. The van der Waals surface area contributed by atoms with Gasteiger partial charge in [0, 0.05) is 52.0 Å². The Balaban J connectivity index is 0.00000420. The van der Waals surface area contributed by atoms with E-state index in [0.717, 1.165) is 44.1 Å². The Kier molecular flexibility index (Phi) is 13.2. The summed E-state index contributed by atoms with van der Waals surface area (Å²) in [6.07, 6.45) is 1.96. The van der Waals surface area contributed by atoms with Crippen LogP contribution in [0.5, 0.6) is 0 Å². The molecule has 1 aromatic rings. The number of ether oxygens (including phenoxy) is 2. The predicted octanol–water partition coefficient (Wildman–Crippen LogP) is 2.62. The Hall–Kier alpha value is -1.10. The summed E-state index contributed by atoms with van der Waals surface area (Å²) in [5.74, 6) is 0.885. The van der Waals surface area contributed by atoms with Gasteiger partial charge in [0.1, 0.15) is 0 Å². The molecular formula is C20H32ClIN4O3. The van der Waals surface area contributed by atoms with Crippen LogP contribution in [-0.2, 0) is 20.8 Å². The average Bonchev–Trinajstić information content (AvgIpc) is 2.70. The maximum absolute atomic E-state index is 12.5. The number of carbonyl (C=O) groups excluding carboxylic acids is 1. The van der Waals surface area contributed by atoms with Crippen LogP contribution in [0.3, 0.4) is 0 Å². The molecule has 1 amide bonds. The van der Waals surface area contributed by atoms with Crippen LogP contribution in [0.25, 0.3) is 0 Å². The highest BCUT2D eigenvalue weighted by Gasteiger charge is 2.25. The van der Waals surface area contributed by atoms with Gasteiger partial charge in [0.15, 0.2) is 5.96 Å². The van der Waals surface area contributed by atoms with Crippen LogP contribution in [0.2, 0.25) is 5.02 Å². The van der Waals surface area contributed by atoms with Gasteiger partial charge in [-0.05, 0) is 30.5 Å². The molecule has 0 radical (unpaired) electrons. The largest absolute Gasteiger partial charge is 0.382 e. The van der Waals surface area contributed by atoms with Gasteiger partial charge in [-0.25, -0.2) is 0 Å². The standard InChI is InChI=1S/C20H31ClN4O3.HI/c1-22-20(23-9-3-4-12-28-14-13-27-2)25-11-10-24(19(26)16-25)15-17-5-7-18(21)8-6-17;/h5-8H,3-4,9-16H2,1-2H3,(H,22,23);1H. The second kappa shape index (κ2) is 14.8. The fourth-order valence-corrected chi connectivity index (χ4v) is 3.10. The van der Waals surface area contributed by atoms with Gasteiger partial charge in [0.2, 0.25) is 5.91 Å². The fraction of sp³-hybridized carbons (Fsp3) is 0.600. The SMILES string of the molecule is CN=C(NCCCCOCCOC)N1CCN(Cc2ccc(Cl)cc2)C(=O)C1.I. The number of benzene rings is 1. The first-order valence-electron chi connectivity index (χ1n) is 9.68. The third kappa shape index (κ3) is 9.50. The maximum Gasteiger partial charge on any atom is 0.242 e. The summed E-state index contributed by atoms with van der Waals surface area (Å²) >= 11 is 5.92. The number of carbonyl (C=O) groups is 1. The number of aliphatic imine (C=N–C) groups is 1. The van der Waals surface area contributed by atoms with Gasteiger partial charge in [-0.1, -0.05) is 23.7 Å². The quantitative estimate of drug-likeness (QED) is 0.215. The Labute approximate surface area is 195 Å². The van der Waals surface area contributed by atoms with E-state index in [1.165, 1.54) is 0 Å². The van der Waals surface area contributed by atoms with Gasteiger partial charge in [0.25, 0.3) is 0 Å². The lowest BCUT2D eigenvalue weighted by molar-refractivity contribution is -0.135. The van der Waals surface area contributed by atoms with Crippen LogP contribution in [-0.4, -0.2) is 81.8 Å². The minimum absolute atomic E-state index is 0. The van der Waals surface area contributed by atoms with Crippen LogP contribution in [0.1, 0.15) is 18.4 Å². The van der Waals surface area contributed by atoms with Crippen molar-refractivity contribution in [3.8, 4) is 0 Å². The van der Waals surface area contributed by atoms with E-state index in [9.17, 15) is 4.79 Å². The smallest absolute Gasteiger partial charge is 0.242 e. The molecule has 9 heteroatoms. The molecule has 2 rings (SSSR count). The van der Waals surface area contributed by atoms with E-state index < -0.39 is 0 Å². The monoisotopic (exact) mass is 538 g/mol. The summed E-state index contributed by atoms with van der Waals surface area (Å²) in [5, 5.41) is 4.05. The molecule has 0 saturated carbocycles. The topological polar surface area (TPSA) is 66.4 Å². The highest BCUT2D eigenvalue weighted by Crippen LogP contribution is 2.13. The number of rotatable bonds is 10. The van der Waals surface area contributed by atoms with Crippen molar-refractivity contribution in [1.29, 1.82) is 0 Å². The molecule has 1 aromatic carbocycles. The number of methoxy groups -OCH3 is 1. The van der Waals surface area contributed by atoms with Crippen molar-refractivity contribution < 1.29 is 14.3 Å². The van der Waals surface area contributed by atoms with E-state index in [0.29, 0.717) is 37.9 Å². The molecule has 7 nitrogen and oxygen atoms in total. The van der Waals surface area contributed by atoms with Crippen LogP contribution in [0.4, 0.5) is 0 Å². The number of unbranched alkanes of at least 4 members (excludes halogenated alkanes) is 1. The minimum atomic E-state index is 0. The normalized spacial score (nSPS) is 14.7. The molecule has 0 aliphatic carbocycles. The number of guanidine groups is 1. The van der Waals surface area contributed by atoms with Gasteiger partial charge in [-0.3, -0.25) is 9.79 Å². The second-order valence-electron chi connectivity index (χ2n) is 6.65. The molecule has 0 bridgehead atoms. The zero-order valence-electron chi connectivity index (χ0n) is 17.2. The number of nitrogens with one attached hydrogen (secondary N) is 1. The van der Waals surface area contributed by atoms with E-state index in [-0.39, 0.29) is 29.9 Å². The van der Waals surface area contributed by atoms with Gasteiger partial charge in [0.05, 0.1) is 19.8 Å². The molecule has 29 heavy (non-hydrogen) atoms. The molecule has 1 aliphatic rings. The molecule has 1 N–H and O–H groups in total. The third-order valence-electron chi connectivity index (χ3n) is 4.55. The Morgan fingerprint density at radius 3 is 2.59 bits per heavy atom. The fourth-order valence-electron chi connectivity index (χ4n) is 2.97. The van der Waals surface area contributed by atoms with E-state index >= 15 is 0 Å². The molecule has 1 aliphatic heterocycles. The molecule has 0 unspecified atom stereocenters. The van der Waals surface area contributed by atoms with E-state index in [1.54, 1.807) is 14.2 Å². The van der Waals surface area contributed by atoms with Gasteiger partial charge < -0.3 is 24.6 Å². The number of amides is 1. The summed E-state index contributed by atoms with van der Waals surface area (Å²) in [4.78, 5) is 20.8. The number of hydrogen-bond donors (Lipinski definition) is 1. The molecule has 0 spiro atoms. The van der Waals surface area contributed by atoms with Crippen molar-refractivity contribution in [2.75, 3.05) is 60.2 Å². The molecule has 0 atom stereocenters. The van der Waals surface area contributed by atoms with Crippen molar-refractivity contribution >= 4 is 47.4 Å². The third-order valence-corrected chi connectivity index (χ3v) is 4.80. The summed E-state index contributed by atoms with van der Waals surface area (Å²) in [6, 6.07) is 7.63. The lowest BCUT2D eigenvalue weighted by Crippen LogP contribution is -2.55. The number of piperazine rings is 1. The van der Waals surface area contributed by atoms with Crippen molar-refractivity contribution in [3.05, 3.63) is 34.9 Å². The number of hydrogen-bond acceptors (Lipinski definition) is 4. The molecule has 1 fully saturated rings. The number of nitrogens with zero attached hydrogens (tertiary/aromatic N) is 3. The first-order valence-corrected chi connectivity index (χ1v) is 10.1. The van der Waals surface area contributed by atoms with Crippen LogP contribution < -0.4 is 5.32 Å². The minimum Gasteiger partial charge on any atom is -0.382 e. The summed E-state index contributed by atoms with van der Waals surface area (Å²) in [7, 11) is 3.42. The Morgan fingerprint density at radius 2 is 1.93 bits per heavy atom. The summed E-state index contributed by atoms with van der Waals surface area (Å²) in [5.41, 5.74) is 1.08. The van der Waals surface area contributed by atoms with Gasteiger partial charge >= 0.3 is 0 Å². The van der Waals surface area contributed by atoms with E-state index in [4.69, 9.17) is 21.1 Å². The van der Waals surface area contributed by atoms with Crippen molar-refractivity contribution in [1.82, 2.24) is 15.1 Å². The van der Waals surface area contributed by atoms with Crippen molar-refractivity contribution in [2.24, 2.45) is 4.99 Å². The molecule has 1 saturated heterocycles. The first-order chi connectivity index (χ1) is 13.6. The zero-order valence-corrected chi connectivity index (χ0v) is 20.3. The first kappa shape index (κ1) is 25.9. The Bertz CT molecular complexity index is 631. The molecule has 0 aromatic heterocycles. The highest BCUT2D eigenvalue weighted by atomic mass is 127. The van der Waals surface area contributed by atoms with E-state index in [2.05, 4.69) is 10.3 Å².